The van der Waals surface area contributed by atoms with Gasteiger partial charge in [-0.2, -0.15) is 0 Å². The van der Waals surface area contributed by atoms with Gasteiger partial charge in [0.2, 0.25) is 5.91 Å². The van der Waals surface area contributed by atoms with Crippen LogP contribution in [0.15, 0.2) is 55.1 Å². The van der Waals surface area contributed by atoms with Gasteiger partial charge in [-0.25, -0.2) is 18.2 Å². The molecule has 2 aromatic heterocycles. The second-order valence-electron chi connectivity index (χ2n) is 8.54. The van der Waals surface area contributed by atoms with E-state index in [0.717, 1.165) is 11.6 Å². The number of benzene rings is 2. The first-order valence-corrected chi connectivity index (χ1v) is 11.0. The van der Waals surface area contributed by atoms with E-state index in [1.54, 1.807) is 35.4 Å². The molecule has 1 aliphatic rings. The fraction of sp³-hybridized carbons (Fsp3) is 0.280. The zero-order valence-electron chi connectivity index (χ0n) is 18.0. The quantitative estimate of drug-likeness (QED) is 0.408. The first-order chi connectivity index (χ1) is 15.9. The molecule has 5 nitrogen and oxygen atoms in total. The molecule has 8 heteroatoms. The van der Waals surface area contributed by atoms with Crippen molar-refractivity contribution in [1.29, 1.82) is 0 Å². The van der Waals surface area contributed by atoms with Crippen molar-refractivity contribution in [3.05, 3.63) is 78.1 Å². The minimum Gasteiger partial charge on any atom is -0.352 e. The lowest BCUT2D eigenvalue weighted by atomic mass is 9.74. The van der Waals surface area contributed by atoms with Gasteiger partial charge >= 0.3 is 0 Å². The molecule has 1 aliphatic carbocycles. The van der Waals surface area contributed by atoms with Crippen molar-refractivity contribution in [3.63, 3.8) is 0 Å². The Hall–Kier alpha value is -3.55. The zero-order valence-corrected chi connectivity index (χ0v) is 18.0. The Kier molecular flexibility index (Phi) is 5.44. The van der Waals surface area contributed by atoms with Gasteiger partial charge in [0.25, 0.3) is 0 Å². The molecule has 0 aliphatic heterocycles. The molecule has 1 atom stereocenters. The third-order valence-electron chi connectivity index (χ3n) is 6.46. The third-order valence-corrected chi connectivity index (χ3v) is 6.46. The van der Waals surface area contributed by atoms with Crippen molar-refractivity contribution in [2.24, 2.45) is 0 Å². The molecule has 2 heterocycles. The Morgan fingerprint density at radius 2 is 1.94 bits per heavy atom. The Morgan fingerprint density at radius 1 is 1.18 bits per heavy atom. The largest absolute Gasteiger partial charge is 0.352 e. The minimum atomic E-state index is -0.671. The standard InChI is InChI=1S/C25H23F3N4O/c1-2-21(32-8-7-29-13-32)25(33)30-18-9-15(10-18)22-19-11-17(27)12-20(28)24(19)31-23(22)14-3-5-16(26)6-4-14/h3-8,11-13,15,18,21,31H,2,9-10H2,1H3,(H,30,33)/t15-,18-,21?. The van der Waals surface area contributed by atoms with Gasteiger partial charge in [0.05, 0.1) is 17.5 Å². The van der Waals surface area contributed by atoms with E-state index in [2.05, 4.69) is 15.3 Å². The summed E-state index contributed by atoms with van der Waals surface area (Å²) in [5.74, 6) is -1.77. The second kappa shape index (κ2) is 8.42. The molecule has 0 spiro atoms. The van der Waals surface area contributed by atoms with Crippen molar-refractivity contribution in [2.75, 3.05) is 0 Å². The normalized spacial score (nSPS) is 18.8. The van der Waals surface area contributed by atoms with E-state index in [1.807, 2.05) is 6.92 Å². The van der Waals surface area contributed by atoms with Gasteiger partial charge in [-0.3, -0.25) is 4.79 Å². The number of amides is 1. The summed E-state index contributed by atoms with van der Waals surface area (Å²) >= 11 is 0. The third kappa shape index (κ3) is 3.90. The summed E-state index contributed by atoms with van der Waals surface area (Å²) in [7, 11) is 0. The maximum Gasteiger partial charge on any atom is 0.243 e. The minimum absolute atomic E-state index is 0.00127. The summed E-state index contributed by atoms with van der Waals surface area (Å²) in [5, 5.41) is 3.57. The highest BCUT2D eigenvalue weighted by Crippen LogP contribution is 2.45. The van der Waals surface area contributed by atoms with E-state index in [4.69, 9.17) is 0 Å². The number of hydrogen-bond donors (Lipinski definition) is 2. The van der Waals surface area contributed by atoms with Crippen LogP contribution in [0.25, 0.3) is 22.2 Å². The van der Waals surface area contributed by atoms with Crippen LogP contribution in [0.4, 0.5) is 13.2 Å². The number of carbonyl (C=O) groups excluding carboxylic acids is 1. The number of rotatable bonds is 6. The highest BCUT2D eigenvalue weighted by Gasteiger charge is 2.36. The summed E-state index contributed by atoms with van der Waals surface area (Å²) in [6.07, 6.45) is 6.95. The monoisotopic (exact) mass is 452 g/mol. The predicted molar refractivity (Wildman–Crippen MR) is 119 cm³/mol. The number of nitrogens with zero attached hydrogens (tertiary/aromatic N) is 2. The van der Waals surface area contributed by atoms with Crippen molar-refractivity contribution in [1.82, 2.24) is 19.9 Å². The Labute approximate surface area is 188 Å². The molecule has 1 fully saturated rings. The molecule has 5 rings (SSSR count). The Bertz CT molecular complexity index is 1290. The highest BCUT2D eigenvalue weighted by atomic mass is 19.1. The van der Waals surface area contributed by atoms with E-state index in [-0.39, 0.29) is 35.2 Å². The molecule has 0 saturated heterocycles. The Morgan fingerprint density at radius 3 is 2.61 bits per heavy atom. The molecule has 170 valence electrons. The van der Waals surface area contributed by atoms with Crippen molar-refractivity contribution >= 4 is 16.8 Å². The molecule has 4 aromatic rings. The lowest BCUT2D eigenvalue weighted by Gasteiger charge is -2.37. The molecular weight excluding hydrogens is 429 g/mol. The number of hydrogen-bond acceptors (Lipinski definition) is 2. The average Bonchev–Trinajstić information content (AvgIpc) is 3.40. The fourth-order valence-electron chi connectivity index (χ4n) is 4.76. The number of aromatic amines is 1. The van der Waals surface area contributed by atoms with Crippen LogP contribution in [0.3, 0.4) is 0 Å². The molecule has 1 amide bonds. The highest BCUT2D eigenvalue weighted by molar-refractivity contribution is 5.92. The van der Waals surface area contributed by atoms with Crippen LogP contribution in [0, 0.1) is 17.5 Å². The zero-order chi connectivity index (χ0) is 23.1. The summed E-state index contributed by atoms with van der Waals surface area (Å²) in [4.78, 5) is 19.9. The number of imidazole rings is 1. The summed E-state index contributed by atoms with van der Waals surface area (Å²) < 4.78 is 43.8. The first kappa shape index (κ1) is 21.3. The summed E-state index contributed by atoms with van der Waals surface area (Å²) in [5.41, 5.74) is 2.36. The van der Waals surface area contributed by atoms with Gasteiger partial charge in [0.15, 0.2) is 0 Å². The lowest BCUT2D eigenvalue weighted by Crippen LogP contribution is -2.46. The summed E-state index contributed by atoms with van der Waals surface area (Å²) in [6.45, 7) is 1.94. The van der Waals surface area contributed by atoms with Gasteiger partial charge in [-0.05, 0) is 66.6 Å². The smallest absolute Gasteiger partial charge is 0.243 e. The van der Waals surface area contributed by atoms with Crippen LogP contribution in [0.5, 0.6) is 0 Å². The summed E-state index contributed by atoms with van der Waals surface area (Å²) in [6, 6.07) is 7.72. The van der Waals surface area contributed by atoms with Crippen LogP contribution in [-0.2, 0) is 4.79 Å². The maximum atomic E-state index is 14.5. The van der Waals surface area contributed by atoms with Gasteiger partial charge in [-0.15, -0.1) is 0 Å². The van der Waals surface area contributed by atoms with Crippen LogP contribution in [0.1, 0.15) is 43.7 Å². The van der Waals surface area contributed by atoms with Gasteiger partial charge in [-0.1, -0.05) is 6.92 Å². The average molecular weight is 452 g/mol. The lowest BCUT2D eigenvalue weighted by molar-refractivity contribution is -0.125. The van der Waals surface area contributed by atoms with Crippen LogP contribution >= 0.6 is 0 Å². The number of carbonyl (C=O) groups is 1. The maximum absolute atomic E-state index is 14.5. The number of halogens is 3. The molecule has 1 unspecified atom stereocenters. The van der Waals surface area contributed by atoms with Crippen molar-refractivity contribution < 1.29 is 18.0 Å². The van der Waals surface area contributed by atoms with Gasteiger partial charge < -0.3 is 14.9 Å². The van der Waals surface area contributed by atoms with Crippen LogP contribution < -0.4 is 5.32 Å². The van der Waals surface area contributed by atoms with E-state index >= 15 is 0 Å². The van der Waals surface area contributed by atoms with E-state index < -0.39 is 11.6 Å². The van der Waals surface area contributed by atoms with Crippen LogP contribution in [-0.4, -0.2) is 26.5 Å². The van der Waals surface area contributed by atoms with Gasteiger partial charge in [0.1, 0.15) is 23.5 Å². The molecule has 33 heavy (non-hydrogen) atoms. The molecule has 2 N–H and O–H groups in total. The number of nitrogens with one attached hydrogen (secondary N) is 2. The molecule has 0 radical (unpaired) electrons. The molecule has 1 saturated carbocycles. The van der Waals surface area contributed by atoms with Crippen molar-refractivity contribution in [3.8, 4) is 11.3 Å². The molecule has 0 bridgehead atoms. The topological polar surface area (TPSA) is 62.7 Å². The van der Waals surface area contributed by atoms with Crippen LogP contribution in [0.2, 0.25) is 0 Å². The molecule has 2 aromatic carbocycles. The Balaban J connectivity index is 1.42. The first-order valence-electron chi connectivity index (χ1n) is 11.0. The molecular formula is C25H23F3N4O. The van der Waals surface area contributed by atoms with Crippen molar-refractivity contribution in [2.45, 2.75) is 44.2 Å². The van der Waals surface area contributed by atoms with E-state index in [1.165, 1.54) is 18.2 Å². The number of aromatic nitrogens is 3. The second-order valence-corrected chi connectivity index (χ2v) is 8.54. The number of fused-ring (bicyclic) bond motifs is 1. The van der Waals surface area contributed by atoms with Gasteiger partial charge in [0, 0.05) is 29.9 Å². The number of H-pyrrole nitrogens is 1. The predicted octanol–water partition coefficient (Wildman–Crippen LogP) is 5.46. The SMILES string of the molecule is CCC(C(=O)N[C@H]1C[C@H](c2c(-c3ccc(F)cc3)[nH]c3c(F)cc(F)cc32)C1)n1ccnc1. The van der Waals surface area contributed by atoms with E-state index in [0.29, 0.717) is 35.9 Å². The fourth-order valence-corrected chi connectivity index (χ4v) is 4.76. The van der Waals surface area contributed by atoms with E-state index in [9.17, 15) is 18.0 Å².